The van der Waals surface area contributed by atoms with Crippen LogP contribution in [0.4, 0.5) is 5.69 Å². The van der Waals surface area contributed by atoms with E-state index in [1.165, 1.54) is 6.20 Å². The molecule has 0 aliphatic carbocycles. The van der Waals surface area contributed by atoms with Crippen molar-refractivity contribution in [2.75, 3.05) is 0 Å². The molecule has 0 aliphatic heterocycles. The van der Waals surface area contributed by atoms with Crippen LogP contribution in [0.2, 0.25) is 0 Å². The number of nitrogens with zero attached hydrogens (tertiary/aromatic N) is 3. The number of nitro groups is 1. The molecule has 1 heterocycles. The van der Waals surface area contributed by atoms with E-state index in [4.69, 9.17) is 5.26 Å². The molecule has 5 nitrogen and oxygen atoms in total. The van der Waals surface area contributed by atoms with Crippen molar-refractivity contribution < 1.29 is 4.92 Å². The number of rotatable bonds is 2. The summed E-state index contributed by atoms with van der Waals surface area (Å²) in [7, 11) is 0. The molecule has 0 spiro atoms. The van der Waals surface area contributed by atoms with Gasteiger partial charge in [-0.1, -0.05) is 0 Å². The summed E-state index contributed by atoms with van der Waals surface area (Å²) in [5.74, 6) is 0. The van der Waals surface area contributed by atoms with Crippen molar-refractivity contribution >= 4 is 16.6 Å². The number of fused-ring (bicyclic) bond motifs is 1. The van der Waals surface area contributed by atoms with E-state index in [9.17, 15) is 10.1 Å². The van der Waals surface area contributed by atoms with Crippen LogP contribution >= 0.6 is 0 Å². The van der Waals surface area contributed by atoms with Crippen molar-refractivity contribution in [2.24, 2.45) is 0 Å². The van der Waals surface area contributed by atoms with Gasteiger partial charge in [0.15, 0.2) is 0 Å². The summed E-state index contributed by atoms with van der Waals surface area (Å²) in [5.41, 5.74) is 1.26. The molecule has 1 aromatic heterocycles. The Balaban J connectivity index is 2.82. The van der Waals surface area contributed by atoms with Gasteiger partial charge in [0.05, 0.1) is 33.7 Å². The van der Waals surface area contributed by atoms with Crippen molar-refractivity contribution in [2.45, 2.75) is 19.9 Å². The van der Waals surface area contributed by atoms with Crippen molar-refractivity contribution in [3.05, 3.63) is 40.1 Å². The monoisotopic (exact) mass is 229 g/mol. The molecule has 86 valence electrons. The lowest BCUT2D eigenvalue weighted by Crippen LogP contribution is -1.97. The number of aromatic nitrogens is 1. The summed E-state index contributed by atoms with van der Waals surface area (Å²) in [4.78, 5) is 10.5. The minimum absolute atomic E-state index is 0.0470. The van der Waals surface area contributed by atoms with Gasteiger partial charge < -0.3 is 4.57 Å². The van der Waals surface area contributed by atoms with Gasteiger partial charge >= 0.3 is 0 Å². The Morgan fingerprint density at radius 2 is 2.18 bits per heavy atom. The van der Waals surface area contributed by atoms with Gasteiger partial charge in [0.25, 0.3) is 5.69 Å². The Labute approximate surface area is 98.0 Å². The third-order valence-corrected chi connectivity index (χ3v) is 2.69. The molecule has 0 unspecified atom stereocenters. The van der Waals surface area contributed by atoms with Crippen LogP contribution < -0.4 is 0 Å². The number of hydrogen-bond acceptors (Lipinski definition) is 3. The Hall–Kier alpha value is -2.35. The highest BCUT2D eigenvalue weighted by Crippen LogP contribution is 2.30. The van der Waals surface area contributed by atoms with Crippen LogP contribution in [0.5, 0.6) is 0 Å². The molecule has 0 atom stereocenters. The molecular weight excluding hydrogens is 218 g/mol. The van der Waals surface area contributed by atoms with E-state index in [-0.39, 0.29) is 11.7 Å². The molecule has 0 fully saturated rings. The molecule has 0 radical (unpaired) electrons. The van der Waals surface area contributed by atoms with Crippen molar-refractivity contribution in [3.63, 3.8) is 0 Å². The SMILES string of the molecule is CC(C)n1cc([N+](=O)[O-])c2cc(C#N)ccc21. The predicted molar refractivity (Wildman–Crippen MR) is 63.7 cm³/mol. The molecule has 0 saturated heterocycles. The van der Waals surface area contributed by atoms with E-state index in [0.717, 1.165) is 5.52 Å². The van der Waals surface area contributed by atoms with Crippen LogP contribution in [0.3, 0.4) is 0 Å². The van der Waals surface area contributed by atoms with E-state index in [1.54, 1.807) is 18.2 Å². The summed E-state index contributed by atoms with van der Waals surface area (Å²) in [6, 6.07) is 7.11. The second-order valence-corrected chi connectivity index (χ2v) is 4.12. The van der Waals surface area contributed by atoms with Crippen LogP contribution in [-0.4, -0.2) is 9.49 Å². The van der Waals surface area contributed by atoms with E-state index >= 15 is 0 Å². The highest BCUT2D eigenvalue weighted by molar-refractivity contribution is 5.90. The van der Waals surface area contributed by atoms with Crippen LogP contribution in [0.15, 0.2) is 24.4 Å². The Morgan fingerprint density at radius 1 is 1.47 bits per heavy atom. The molecule has 0 saturated carbocycles. The van der Waals surface area contributed by atoms with E-state index in [1.807, 2.05) is 24.5 Å². The van der Waals surface area contributed by atoms with Gasteiger partial charge in [0, 0.05) is 6.04 Å². The lowest BCUT2D eigenvalue weighted by molar-refractivity contribution is -0.383. The average molecular weight is 229 g/mol. The summed E-state index contributed by atoms with van der Waals surface area (Å²) in [6.07, 6.45) is 1.52. The molecule has 2 rings (SSSR count). The molecule has 5 heteroatoms. The molecule has 0 bridgehead atoms. The topological polar surface area (TPSA) is 71.9 Å². The van der Waals surface area contributed by atoms with Crippen LogP contribution in [0, 0.1) is 21.4 Å². The van der Waals surface area contributed by atoms with E-state index in [2.05, 4.69) is 0 Å². The van der Waals surface area contributed by atoms with Crippen molar-refractivity contribution in [1.29, 1.82) is 5.26 Å². The first-order valence-corrected chi connectivity index (χ1v) is 5.23. The minimum atomic E-state index is -0.414. The Kier molecular flexibility index (Phi) is 2.56. The maximum Gasteiger partial charge on any atom is 0.294 e. The van der Waals surface area contributed by atoms with Crippen molar-refractivity contribution in [1.82, 2.24) is 4.57 Å². The van der Waals surface area contributed by atoms with Gasteiger partial charge in [0.1, 0.15) is 0 Å². The highest BCUT2D eigenvalue weighted by Gasteiger charge is 2.18. The summed E-state index contributed by atoms with van der Waals surface area (Å²) >= 11 is 0. The Morgan fingerprint density at radius 3 is 2.71 bits per heavy atom. The quantitative estimate of drug-likeness (QED) is 0.587. The van der Waals surface area contributed by atoms with Crippen LogP contribution in [-0.2, 0) is 0 Å². The van der Waals surface area contributed by atoms with E-state index in [0.29, 0.717) is 10.9 Å². The number of hydrogen-bond donors (Lipinski definition) is 0. The van der Waals surface area contributed by atoms with E-state index < -0.39 is 4.92 Å². The molecule has 17 heavy (non-hydrogen) atoms. The fourth-order valence-corrected chi connectivity index (χ4v) is 1.88. The smallest absolute Gasteiger partial charge is 0.294 e. The molecule has 0 amide bonds. The first-order chi connectivity index (χ1) is 8.04. The summed E-state index contributed by atoms with van der Waals surface area (Å²) < 4.78 is 1.84. The number of benzene rings is 1. The molecule has 0 aliphatic rings. The van der Waals surface area contributed by atoms with Crippen molar-refractivity contribution in [3.8, 4) is 6.07 Å². The normalized spacial score (nSPS) is 10.7. The third kappa shape index (κ3) is 1.74. The van der Waals surface area contributed by atoms with Gasteiger partial charge in [-0.05, 0) is 32.0 Å². The lowest BCUT2D eigenvalue weighted by atomic mass is 10.1. The molecule has 0 N–H and O–H groups in total. The molecule has 2 aromatic rings. The first kappa shape index (κ1) is 11.1. The minimum Gasteiger partial charge on any atom is -0.339 e. The third-order valence-electron chi connectivity index (χ3n) is 2.69. The number of nitriles is 1. The zero-order valence-corrected chi connectivity index (χ0v) is 9.54. The predicted octanol–water partition coefficient (Wildman–Crippen LogP) is 3.00. The second kappa shape index (κ2) is 3.91. The molecular formula is C12H11N3O2. The zero-order chi connectivity index (χ0) is 12.6. The van der Waals surface area contributed by atoms with Gasteiger partial charge in [0.2, 0.25) is 0 Å². The largest absolute Gasteiger partial charge is 0.339 e. The second-order valence-electron chi connectivity index (χ2n) is 4.12. The lowest BCUT2D eigenvalue weighted by Gasteiger charge is -2.07. The molecule has 1 aromatic carbocycles. The fourth-order valence-electron chi connectivity index (χ4n) is 1.88. The van der Waals surface area contributed by atoms with Gasteiger partial charge in [-0.3, -0.25) is 10.1 Å². The first-order valence-electron chi connectivity index (χ1n) is 5.23. The zero-order valence-electron chi connectivity index (χ0n) is 9.54. The summed E-state index contributed by atoms with van der Waals surface area (Å²) in [6.45, 7) is 3.92. The van der Waals surface area contributed by atoms with Crippen LogP contribution in [0.1, 0.15) is 25.5 Å². The highest BCUT2D eigenvalue weighted by atomic mass is 16.6. The summed E-state index contributed by atoms with van der Waals surface area (Å²) in [5, 5.41) is 20.3. The van der Waals surface area contributed by atoms with Gasteiger partial charge in [-0.15, -0.1) is 0 Å². The fraction of sp³-hybridized carbons (Fsp3) is 0.250. The average Bonchev–Trinajstić information content (AvgIpc) is 2.67. The Bertz CT molecular complexity index is 635. The standard InChI is InChI=1S/C12H11N3O2/c1-8(2)14-7-12(15(16)17)10-5-9(6-13)3-4-11(10)14/h3-5,7-8H,1-2H3. The maximum atomic E-state index is 11.0. The van der Waals surface area contributed by atoms with Gasteiger partial charge in [-0.25, -0.2) is 0 Å². The van der Waals surface area contributed by atoms with Gasteiger partial charge in [-0.2, -0.15) is 5.26 Å². The maximum absolute atomic E-state index is 11.0. The van der Waals surface area contributed by atoms with Crippen LogP contribution in [0.25, 0.3) is 10.9 Å².